The first-order valence-electron chi connectivity index (χ1n) is 10.3. The second-order valence-electron chi connectivity index (χ2n) is 8.27. The average molecular weight is 528 g/mol. The van der Waals surface area contributed by atoms with E-state index in [1.165, 1.54) is 10.9 Å². The Bertz CT molecular complexity index is 1040. The third-order valence-corrected chi connectivity index (χ3v) is 5.69. The summed E-state index contributed by atoms with van der Waals surface area (Å²) in [6, 6.07) is 0. The van der Waals surface area contributed by atoms with Crippen molar-refractivity contribution in [1.82, 2.24) is 14.5 Å². The molecule has 33 heavy (non-hydrogen) atoms. The zero-order valence-corrected chi connectivity index (χ0v) is 20.1. The maximum absolute atomic E-state index is 12.3. The van der Waals surface area contributed by atoms with Gasteiger partial charge in [-0.3, -0.25) is 19.0 Å². The van der Waals surface area contributed by atoms with Gasteiger partial charge in [0.2, 0.25) is 0 Å². The van der Waals surface area contributed by atoms with E-state index in [9.17, 15) is 19.5 Å². The van der Waals surface area contributed by atoms with E-state index in [4.69, 9.17) is 25.7 Å². The summed E-state index contributed by atoms with van der Waals surface area (Å²) in [7, 11) is 0. The number of esters is 2. The molecule has 0 saturated carbocycles. The summed E-state index contributed by atoms with van der Waals surface area (Å²) in [6.45, 7) is 6.39. The second kappa shape index (κ2) is 9.61. The molecule has 1 saturated heterocycles. The van der Waals surface area contributed by atoms with Gasteiger partial charge in [0.1, 0.15) is 41.4 Å². The predicted octanol–water partition coefficient (Wildman–Crippen LogP) is 0.852. The number of rotatable bonds is 7. The van der Waals surface area contributed by atoms with Crippen molar-refractivity contribution in [3.63, 3.8) is 0 Å². The molecule has 0 aromatic carbocycles. The minimum atomic E-state index is -1.37. The number of carbonyl (C=O) groups excluding carboxylic acids is 3. The van der Waals surface area contributed by atoms with Crippen molar-refractivity contribution in [1.29, 1.82) is 0 Å². The molecule has 5 N–H and O–H groups in total. The van der Waals surface area contributed by atoms with Crippen molar-refractivity contribution < 1.29 is 33.7 Å². The first-order chi connectivity index (χ1) is 15.4. The lowest BCUT2D eigenvalue weighted by Crippen LogP contribution is -2.40. The number of fused-ring (bicyclic) bond motifs is 1. The highest BCUT2D eigenvalue weighted by atomic mass is 79.9. The van der Waals surface area contributed by atoms with Crippen LogP contribution in [0.4, 0.5) is 5.82 Å². The van der Waals surface area contributed by atoms with Gasteiger partial charge in [-0.05, 0) is 15.9 Å². The van der Waals surface area contributed by atoms with E-state index in [0.29, 0.717) is 0 Å². The van der Waals surface area contributed by atoms with Gasteiger partial charge in [0.05, 0.1) is 23.0 Å². The quantitative estimate of drug-likeness (QED) is 0.436. The summed E-state index contributed by atoms with van der Waals surface area (Å²) >= 11 is 3.19. The van der Waals surface area contributed by atoms with E-state index < -0.39 is 48.3 Å². The second-order valence-corrected chi connectivity index (χ2v) is 9.03. The summed E-state index contributed by atoms with van der Waals surface area (Å²) < 4.78 is 18.2. The number of primary amides is 1. The number of nitrogen functional groups attached to an aromatic ring is 1. The normalized spacial score (nSPS) is 22.8. The smallest absolute Gasteiger partial charge is 0.308 e. The van der Waals surface area contributed by atoms with Gasteiger partial charge >= 0.3 is 11.9 Å². The maximum atomic E-state index is 12.3. The van der Waals surface area contributed by atoms with Crippen LogP contribution in [0.3, 0.4) is 0 Å². The standard InChI is InChI=1S/C20H26BrN5O7/c1-7(2)19(29)31-5-9-13(33-20(30)8(3)4)12(27)18(32-9)26-6-24-15(22)11-10(16(23)28)14(21)25-17(11)26/h6-9,12-13,18,27H,5,22H2,1-4H3,(H2,23,28). The fourth-order valence-corrected chi connectivity index (χ4v) is 3.90. The zero-order chi connectivity index (χ0) is 24.6. The fraction of sp³-hybridized carbons (Fsp3) is 0.550. The number of carbonyl (C=O) groups is 3. The van der Waals surface area contributed by atoms with E-state index in [1.807, 2.05) is 0 Å². The van der Waals surface area contributed by atoms with Crippen molar-refractivity contribution in [2.45, 2.75) is 52.2 Å². The topological polar surface area (TPSA) is 182 Å². The first-order valence-corrected chi connectivity index (χ1v) is 11.0. The number of amides is 1. The Morgan fingerprint density at radius 2 is 1.88 bits per heavy atom. The minimum Gasteiger partial charge on any atom is -0.463 e. The molecule has 0 aliphatic carbocycles. The van der Waals surface area contributed by atoms with Crippen LogP contribution in [0.1, 0.15) is 44.3 Å². The Morgan fingerprint density at radius 1 is 1.24 bits per heavy atom. The monoisotopic (exact) mass is 527 g/mol. The Morgan fingerprint density at radius 3 is 2.45 bits per heavy atom. The molecule has 13 heteroatoms. The number of hydrogen-bond acceptors (Lipinski definition) is 10. The molecule has 1 fully saturated rings. The maximum Gasteiger partial charge on any atom is 0.308 e. The molecule has 4 unspecified atom stereocenters. The van der Waals surface area contributed by atoms with E-state index >= 15 is 0 Å². The summed E-state index contributed by atoms with van der Waals surface area (Å²) in [6.07, 6.45) is -3.35. The molecule has 0 bridgehead atoms. The highest BCUT2D eigenvalue weighted by Crippen LogP contribution is 2.40. The molecule has 1 amide bonds. The van der Waals surface area contributed by atoms with Crippen LogP contribution in [0.15, 0.2) is 10.9 Å². The van der Waals surface area contributed by atoms with Crippen LogP contribution in [0.5, 0.6) is 0 Å². The number of nitrogens with two attached hydrogens (primary N) is 2. The van der Waals surface area contributed by atoms with Gasteiger partial charge in [-0.2, -0.15) is 0 Å². The van der Waals surface area contributed by atoms with Gasteiger partial charge in [-0.25, -0.2) is 9.97 Å². The van der Waals surface area contributed by atoms with Gasteiger partial charge in [0, 0.05) is 0 Å². The van der Waals surface area contributed by atoms with Crippen molar-refractivity contribution in [3.8, 4) is 11.4 Å². The van der Waals surface area contributed by atoms with Crippen LogP contribution in [-0.2, 0) is 23.8 Å². The molecular weight excluding hydrogens is 502 g/mol. The summed E-state index contributed by atoms with van der Waals surface area (Å²) in [5.74, 6) is -2.46. The summed E-state index contributed by atoms with van der Waals surface area (Å²) in [5, 5.41) is 11.0. The number of ether oxygens (including phenoxy) is 3. The Hall–Kier alpha value is -2.77. The average Bonchev–Trinajstić information content (AvgIpc) is 3.24. The number of aromatic nitrogens is 3. The lowest BCUT2D eigenvalue weighted by atomic mass is 10.1. The molecule has 3 rings (SSSR count). The fourth-order valence-electron chi connectivity index (χ4n) is 3.33. The number of anilines is 1. The van der Waals surface area contributed by atoms with Crippen molar-refractivity contribution in [2.75, 3.05) is 12.3 Å². The molecule has 12 nitrogen and oxygen atoms in total. The molecule has 0 aromatic heterocycles. The molecule has 3 heterocycles. The number of halogens is 1. The van der Waals surface area contributed by atoms with E-state index in [2.05, 4.69) is 25.9 Å². The third-order valence-electron chi connectivity index (χ3n) is 5.12. The molecule has 180 valence electrons. The van der Waals surface area contributed by atoms with E-state index in [-0.39, 0.29) is 39.9 Å². The van der Waals surface area contributed by atoms with Gasteiger partial charge in [0.15, 0.2) is 12.3 Å². The molecule has 0 aromatic rings. The third kappa shape index (κ3) is 4.80. The minimum absolute atomic E-state index is 0.00550. The summed E-state index contributed by atoms with van der Waals surface area (Å²) in [4.78, 5) is 44.5. The largest absolute Gasteiger partial charge is 0.463 e. The molecule has 3 aliphatic heterocycles. The Labute approximate surface area is 198 Å². The van der Waals surface area contributed by atoms with Crippen LogP contribution >= 0.6 is 15.9 Å². The predicted molar refractivity (Wildman–Crippen MR) is 118 cm³/mol. The van der Waals surface area contributed by atoms with E-state index in [0.717, 1.165) is 0 Å². The SMILES string of the molecule is CC(C)C(=O)OCC1OC(n2cnc(N)c3c(C(N)=O)c(Br)nc2-3)C(O)C1OC(=O)C(C)C. The highest BCUT2D eigenvalue weighted by Gasteiger charge is 2.49. The van der Waals surface area contributed by atoms with Crippen LogP contribution in [0, 0.1) is 11.8 Å². The lowest BCUT2D eigenvalue weighted by molar-refractivity contribution is -0.164. The number of aliphatic hydroxyl groups is 1. The van der Waals surface area contributed by atoms with Crippen molar-refractivity contribution in [2.24, 2.45) is 17.6 Å². The molecular formula is C20H26BrN5O7. The van der Waals surface area contributed by atoms with Crippen LogP contribution in [-0.4, -0.2) is 62.4 Å². The number of nitrogens with zero attached hydrogens (tertiary/aromatic N) is 3. The molecule has 0 radical (unpaired) electrons. The zero-order valence-electron chi connectivity index (χ0n) is 18.5. The van der Waals surface area contributed by atoms with Gasteiger partial charge < -0.3 is 30.8 Å². The van der Waals surface area contributed by atoms with E-state index in [1.54, 1.807) is 27.7 Å². The Balaban J connectivity index is 1.98. The highest BCUT2D eigenvalue weighted by molar-refractivity contribution is 9.10. The van der Waals surface area contributed by atoms with Gasteiger partial charge in [-0.1, -0.05) is 27.7 Å². The van der Waals surface area contributed by atoms with Crippen molar-refractivity contribution >= 4 is 39.6 Å². The number of hydrogen-bond donors (Lipinski definition) is 3. The van der Waals surface area contributed by atoms with Crippen molar-refractivity contribution in [3.05, 3.63) is 16.5 Å². The molecule has 3 aliphatic rings. The van der Waals surface area contributed by atoms with Gasteiger partial charge in [0.25, 0.3) is 5.91 Å². The Kier molecular flexibility index (Phi) is 7.24. The summed E-state index contributed by atoms with van der Waals surface area (Å²) in [5.41, 5.74) is 11.6. The molecule has 0 spiro atoms. The number of aliphatic hydroxyl groups excluding tert-OH is 1. The van der Waals surface area contributed by atoms with Crippen LogP contribution < -0.4 is 11.5 Å². The van der Waals surface area contributed by atoms with Crippen LogP contribution in [0.2, 0.25) is 0 Å². The van der Waals surface area contributed by atoms with Crippen LogP contribution in [0.25, 0.3) is 11.4 Å². The molecule has 4 atom stereocenters. The lowest BCUT2D eigenvalue weighted by Gasteiger charge is -2.23. The van der Waals surface area contributed by atoms with Gasteiger partial charge in [-0.15, -0.1) is 0 Å². The first kappa shape index (κ1) is 24.9.